The third-order valence-electron chi connectivity index (χ3n) is 7.10. The number of aromatic hydroxyl groups is 1. The first-order valence-corrected chi connectivity index (χ1v) is 14.7. The maximum atomic E-state index is 11.8. The number of hydrogen-bond acceptors (Lipinski definition) is 5. The van der Waals surface area contributed by atoms with Crippen LogP contribution in [0.3, 0.4) is 0 Å². The molecule has 7 heteroatoms. The Kier molecular flexibility index (Phi) is 13.9. The molecule has 1 atom stereocenters. The van der Waals surface area contributed by atoms with Gasteiger partial charge in [0.15, 0.2) is 0 Å². The maximum absolute atomic E-state index is 11.8. The fourth-order valence-electron chi connectivity index (χ4n) is 4.82. The molecule has 0 radical (unpaired) electrons. The van der Waals surface area contributed by atoms with Gasteiger partial charge >= 0.3 is 5.97 Å². The van der Waals surface area contributed by atoms with E-state index < -0.39 is 5.97 Å². The van der Waals surface area contributed by atoms with Crippen LogP contribution in [0.15, 0.2) is 140 Å². The summed E-state index contributed by atoms with van der Waals surface area (Å²) >= 11 is 0. The number of nitrogens with one attached hydrogen (secondary N) is 2. The highest BCUT2D eigenvalue weighted by atomic mass is 35.5. The number of carbonyl (C=O) groups is 2. The van der Waals surface area contributed by atoms with Gasteiger partial charge in [-0.15, -0.1) is 12.4 Å². The van der Waals surface area contributed by atoms with Crippen LogP contribution in [0.1, 0.15) is 59.3 Å². The molecule has 0 heterocycles. The molecule has 1 amide bonds. The molecule has 0 saturated heterocycles. The van der Waals surface area contributed by atoms with Crippen molar-refractivity contribution in [3.63, 3.8) is 0 Å². The summed E-state index contributed by atoms with van der Waals surface area (Å²) in [6.07, 6.45) is 1.09. The van der Waals surface area contributed by atoms with Gasteiger partial charge in [-0.1, -0.05) is 103 Å². The number of phenols is 1. The van der Waals surface area contributed by atoms with Crippen LogP contribution in [-0.4, -0.2) is 23.5 Å². The van der Waals surface area contributed by atoms with Crippen molar-refractivity contribution in [3.8, 4) is 11.5 Å². The van der Waals surface area contributed by atoms with Crippen molar-refractivity contribution < 1.29 is 19.4 Å². The lowest BCUT2D eigenvalue weighted by Crippen LogP contribution is -2.21. The average Bonchev–Trinajstić information content (AvgIpc) is 3.05. The number of para-hydroxylation sites is 1. The Hall–Kier alpha value is -4.91. The van der Waals surface area contributed by atoms with Crippen LogP contribution in [0, 0.1) is 0 Å². The lowest BCUT2D eigenvalue weighted by molar-refractivity contribution is -0.114. The van der Waals surface area contributed by atoms with Crippen LogP contribution in [0.25, 0.3) is 0 Å². The SMILES string of the molecule is CC(=O)Nc1ccc(OC(=O)c2ccccc2O)cc1.CC(NCCC(c1ccccc1)c1ccccc1)c1ccccc1.Cl. The second-order valence-corrected chi connectivity index (χ2v) is 10.4. The molecule has 0 saturated carbocycles. The highest BCUT2D eigenvalue weighted by molar-refractivity contribution is 5.94. The summed E-state index contributed by atoms with van der Waals surface area (Å²) in [6, 6.07) is 45.1. The summed E-state index contributed by atoms with van der Waals surface area (Å²) in [6.45, 7) is 4.63. The van der Waals surface area contributed by atoms with E-state index in [9.17, 15) is 14.7 Å². The number of amides is 1. The summed E-state index contributed by atoms with van der Waals surface area (Å²) in [5.74, 6) is -0.193. The standard InChI is InChI=1S/C23H25N.C15H13NO4.ClH/c1-19(20-11-5-2-6-12-20)24-18-17-23(21-13-7-3-8-14-21)22-15-9-4-10-16-22;1-10(17)16-11-6-8-12(9-7-11)20-15(19)13-4-2-3-5-14(13)18;/h2-16,19,23-24H,17-18H2,1H3;2-9,18H,1H3,(H,16,17);1H. The molecular formula is C38H39ClN2O4. The summed E-state index contributed by atoms with van der Waals surface area (Å²) in [4.78, 5) is 22.7. The molecule has 1 unspecified atom stereocenters. The fraction of sp³-hybridized carbons (Fsp3) is 0.158. The van der Waals surface area contributed by atoms with Crippen molar-refractivity contribution >= 4 is 30.0 Å². The van der Waals surface area contributed by atoms with Crippen LogP contribution in [-0.2, 0) is 4.79 Å². The fourth-order valence-corrected chi connectivity index (χ4v) is 4.82. The number of halogens is 1. The Bertz CT molecular complexity index is 1560. The summed E-state index contributed by atoms with van der Waals surface area (Å²) < 4.78 is 5.13. The minimum Gasteiger partial charge on any atom is -0.507 e. The zero-order valence-corrected chi connectivity index (χ0v) is 26.2. The molecule has 0 bridgehead atoms. The largest absolute Gasteiger partial charge is 0.507 e. The molecule has 0 fully saturated rings. The summed E-state index contributed by atoms with van der Waals surface area (Å²) in [7, 11) is 0. The second kappa shape index (κ2) is 18.0. The van der Waals surface area contributed by atoms with Crippen molar-refractivity contribution in [2.24, 2.45) is 0 Å². The summed E-state index contributed by atoms with van der Waals surface area (Å²) in [5.41, 5.74) is 4.82. The predicted molar refractivity (Wildman–Crippen MR) is 183 cm³/mol. The van der Waals surface area contributed by atoms with E-state index >= 15 is 0 Å². The number of anilines is 1. The zero-order chi connectivity index (χ0) is 31.1. The lowest BCUT2D eigenvalue weighted by atomic mass is 9.88. The highest BCUT2D eigenvalue weighted by Gasteiger charge is 2.15. The van der Waals surface area contributed by atoms with E-state index in [0.717, 1.165) is 13.0 Å². The van der Waals surface area contributed by atoms with E-state index in [1.165, 1.54) is 35.7 Å². The molecule has 0 aliphatic rings. The van der Waals surface area contributed by atoms with Gasteiger partial charge in [0.1, 0.15) is 17.1 Å². The first kappa shape index (κ1) is 34.6. The number of ether oxygens (including phenoxy) is 1. The number of benzene rings is 5. The van der Waals surface area contributed by atoms with Gasteiger partial charge in [0.05, 0.1) is 0 Å². The number of phenolic OH excluding ortho intramolecular Hbond substituents is 1. The van der Waals surface area contributed by atoms with E-state index in [2.05, 4.69) is 109 Å². The van der Waals surface area contributed by atoms with E-state index in [1.807, 2.05) is 0 Å². The number of carbonyl (C=O) groups excluding carboxylic acids is 2. The number of esters is 1. The number of rotatable bonds is 10. The van der Waals surface area contributed by atoms with Crippen LogP contribution in [0.4, 0.5) is 5.69 Å². The Morgan fingerprint density at radius 3 is 1.69 bits per heavy atom. The zero-order valence-electron chi connectivity index (χ0n) is 25.4. The Morgan fingerprint density at radius 1 is 0.689 bits per heavy atom. The van der Waals surface area contributed by atoms with Crippen molar-refractivity contribution in [2.45, 2.75) is 32.2 Å². The van der Waals surface area contributed by atoms with Crippen LogP contribution in [0.5, 0.6) is 11.5 Å². The molecular weight excluding hydrogens is 584 g/mol. The second-order valence-electron chi connectivity index (χ2n) is 10.4. The molecule has 5 rings (SSSR count). The monoisotopic (exact) mass is 622 g/mol. The third kappa shape index (κ3) is 10.9. The highest BCUT2D eigenvalue weighted by Crippen LogP contribution is 2.28. The van der Waals surface area contributed by atoms with Crippen molar-refractivity contribution in [1.29, 1.82) is 0 Å². The van der Waals surface area contributed by atoms with Gasteiger partial charge in [0.25, 0.3) is 0 Å². The Morgan fingerprint density at radius 2 is 1.18 bits per heavy atom. The van der Waals surface area contributed by atoms with Crippen molar-refractivity contribution in [1.82, 2.24) is 5.32 Å². The molecule has 6 nitrogen and oxygen atoms in total. The van der Waals surface area contributed by atoms with Crippen LogP contribution >= 0.6 is 12.4 Å². The molecule has 0 spiro atoms. The predicted octanol–water partition coefficient (Wildman–Crippen LogP) is 8.55. The van der Waals surface area contributed by atoms with Crippen molar-refractivity contribution in [2.75, 3.05) is 11.9 Å². The minimum absolute atomic E-state index is 0. The normalized spacial score (nSPS) is 10.9. The molecule has 45 heavy (non-hydrogen) atoms. The molecule has 232 valence electrons. The smallest absolute Gasteiger partial charge is 0.347 e. The molecule has 0 aromatic heterocycles. The lowest BCUT2D eigenvalue weighted by Gasteiger charge is -2.20. The van der Waals surface area contributed by atoms with Gasteiger partial charge in [-0.2, -0.15) is 0 Å². The van der Waals surface area contributed by atoms with Crippen LogP contribution < -0.4 is 15.4 Å². The quantitative estimate of drug-likeness (QED) is 0.107. The van der Waals surface area contributed by atoms with Gasteiger partial charge in [0.2, 0.25) is 5.91 Å². The van der Waals surface area contributed by atoms with E-state index in [4.69, 9.17) is 4.74 Å². The molecule has 3 N–H and O–H groups in total. The topological polar surface area (TPSA) is 87.7 Å². The van der Waals surface area contributed by atoms with E-state index in [0.29, 0.717) is 23.4 Å². The minimum atomic E-state index is -0.643. The summed E-state index contributed by atoms with van der Waals surface area (Å²) in [5, 5.41) is 15.8. The Labute approximate surface area is 271 Å². The van der Waals surface area contributed by atoms with Gasteiger partial charge in [-0.25, -0.2) is 4.79 Å². The molecule has 0 aliphatic heterocycles. The molecule has 0 aliphatic carbocycles. The van der Waals surface area contributed by atoms with Gasteiger partial charge in [-0.05, 0) is 73.0 Å². The third-order valence-corrected chi connectivity index (χ3v) is 7.10. The maximum Gasteiger partial charge on any atom is 0.347 e. The van der Waals surface area contributed by atoms with Gasteiger partial charge < -0.3 is 20.5 Å². The molecule has 5 aromatic carbocycles. The van der Waals surface area contributed by atoms with E-state index in [1.54, 1.807) is 36.4 Å². The van der Waals surface area contributed by atoms with Crippen molar-refractivity contribution in [3.05, 3.63) is 162 Å². The van der Waals surface area contributed by atoms with Crippen LogP contribution in [0.2, 0.25) is 0 Å². The number of hydrogen-bond donors (Lipinski definition) is 3. The Balaban J connectivity index is 0.000000244. The van der Waals surface area contributed by atoms with Gasteiger partial charge in [-0.3, -0.25) is 4.79 Å². The average molecular weight is 623 g/mol. The van der Waals surface area contributed by atoms with E-state index in [-0.39, 0.29) is 29.6 Å². The van der Waals surface area contributed by atoms with Gasteiger partial charge in [0, 0.05) is 24.6 Å². The molecule has 5 aromatic rings. The first-order chi connectivity index (χ1) is 21.4. The first-order valence-electron chi connectivity index (χ1n) is 14.7.